The highest BCUT2D eigenvalue weighted by Gasteiger charge is 2.40. The zero-order valence-corrected chi connectivity index (χ0v) is 27.0. The molecule has 2 fully saturated rings. The topological polar surface area (TPSA) is 171 Å². The number of hydrogen-bond acceptors (Lipinski definition) is 7. The van der Waals surface area contributed by atoms with Crippen LogP contribution in [0.25, 0.3) is 10.9 Å². The van der Waals surface area contributed by atoms with E-state index in [2.05, 4.69) is 21.3 Å². The van der Waals surface area contributed by atoms with Crippen molar-refractivity contribution in [3.8, 4) is 0 Å². The van der Waals surface area contributed by atoms with Gasteiger partial charge in [0.1, 0.15) is 31.3 Å². The Morgan fingerprint density at radius 3 is 2.50 bits per heavy atom. The first kappa shape index (κ1) is 34.7. The fourth-order valence-electron chi connectivity index (χ4n) is 6.32. The van der Waals surface area contributed by atoms with Crippen LogP contribution in [0.3, 0.4) is 0 Å². The van der Waals surface area contributed by atoms with Crippen LogP contribution in [0.5, 0.6) is 0 Å². The van der Waals surface area contributed by atoms with E-state index >= 15 is 0 Å². The van der Waals surface area contributed by atoms with Crippen molar-refractivity contribution >= 4 is 40.5 Å². The van der Waals surface area contributed by atoms with E-state index in [4.69, 9.17) is 9.94 Å². The number of carbonyl (C=O) groups excluding carboxylic acids is 4. The fourth-order valence-corrected chi connectivity index (χ4v) is 6.32. The molecule has 1 aromatic carbocycles. The van der Waals surface area contributed by atoms with Crippen LogP contribution in [-0.2, 0) is 30.4 Å². The lowest BCUT2D eigenvalue weighted by molar-refractivity contribution is -0.147. The summed E-state index contributed by atoms with van der Waals surface area (Å²) in [6.45, 7) is 4.65. The number of amides is 4. The van der Waals surface area contributed by atoms with Gasteiger partial charge in [0.15, 0.2) is 0 Å². The van der Waals surface area contributed by atoms with Crippen molar-refractivity contribution in [2.75, 3.05) is 26.7 Å². The fraction of sp³-hybridized carbons (Fsp3) is 0.606. The molecule has 2 aliphatic rings. The maximum atomic E-state index is 14.0. The molecule has 0 saturated carbocycles. The highest BCUT2D eigenvalue weighted by atomic mass is 16.6. The van der Waals surface area contributed by atoms with Gasteiger partial charge in [-0.25, -0.2) is 0 Å². The quantitative estimate of drug-likeness (QED) is 0.204. The third kappa shape index (κ3) is 8.56. The summed E-state index contributed by atoms with van der Waals surface area (Å²) >= 11 is 0. The minimum absolute atomic E-state index is 0.123. The number of carboxylic acids is 1. The number of para-hydroxylation sites is 1. The number of nitrogens with zero attached hydrogens (tertiary/aromatic N) is 2. The first-order chi connectivity index (χ1) is 22.1. The number of fused-ring (bicyclic) bond motifs is 2. The van der Waals surface area contributed by atoms with Gasteiger partial charge < -0.3 is 36.1 Å². The van der Waals surface area contributed by atoms with Crippen molar-refractivity contribution in [1.82, 2.24) is 30.9 Å². The molecule has 4 rings (SSSR count). The molecule has 13 heteroatoms. The van der Waals surface area contributed by atoms with E-state index < -0.39 is 42.0 Å². The SMILES string of the molecule is CCC(C)[C@@H]1NC(=O)[C@H](Cc2cn(OC)c3ccccc23)NC(=O)[C@H](CCCCCNCC(=O)O)NC(=O)[C@H]2CCCCN2C1=O. The predicted molar refractivity (Wildman–Crippen MR) is 172 cm³/mol. The second-order valence-corrected chi connectivity index (χ2v) is 12.3. The molecule has 2 aliphatic heterocycles. The van der Waals surface area contributed by atoms with E-state index in [0.717, 1.165) is 29.3 Å². The van der Waals surface area contributed by atoms with Gasteiger partial charge in [-0.15, -0.1) is 0 Å². The van der Waals surface area contributed by atoms with Crippen molar-refractivity contribution in [2.45, 2.75) is 95.8 Å². The molecule has 2 saturated heterocycles. The zero-order chi connectivity index (χ0) is 33.2. The molecule has 13 nitrogen and oxygen atoms in total. The summed E-state index contributed by atoms with van der Waals surface area (Å²) in [5, 5.41) is 21.3. The molecule has 0 aliphatic carbocycles. The average molecular weight is 641 g/mol. The van der Waals surface area contributed by atoms with Gasteiger partial charge in [0.2, 0.25) is 23.6 Å². The third-order valence-electron chi connectivity index (χ3n) is 9.14. The van der Waals surface area contributed by atoms with Gasteiger partial charge in [-0.2, -0.15) is 4.73 Å². The summed E-state index contributed by atoms with van der Waals surface area (Å²) in [5.74, 6) is -2.72. The number of unbranched alkanes of at least 4 members (excludes halogenated alkanes) is 2. The molecule has 1 unspecified atom stereocenters. The highest BCUT2D eigenvalue weighted by molar-refractivity contribution is 5.98. The molecule has 0 radical (unpaired) electrons. The van der Waals surface area contributed by atoms with Crippen LogP contribution in [0.15, 0.2) is 30.5 Å². The lowest BCUT2D eigenvalue weighted by Gasteiger charge is -2.39. The number of piperidine rings is 1. The number of aliphatic carboxylic acids is 1. The van der Waals surface area contributed by atoms with E-state index in [-0.39, 0.29) is 30.7 Å². The molecule has 1 aromatic heterocycles. The monoisotopic (exact) mass is 640 g/mol. The molecule has 5 atom stereocenters. The standard InChI is InChI=1S/C33H48N6O7/c1-4-21(2)29-33(45)38-17-11-9-15-27(38)32(44)35-24(13-6-5-10-16-34-19-28(40)41)30(42)36-25(31(43)37-29)18-22-20-39(46-3)26-14-8-7-12-23(22)26/h7-8,12,14,20-21,24-25,27,29,34H,4-6,9-11,13,15-19H2,1-3H3,(H,35,44)(H,36,42)(H,37,43)(H,40,41)/t21?,24-,25-,27+,29-/m0/s1. The van der Waals surface area contributed by atoms with E-state index in [0.29, 0.717) is 51.6 Å². The van der Waals surface area contributed by atoms with Crippen LogP contribution < -0.4 is 26.1 Å². The van der Waals surface area contributed by atoms with Crippen molar-refractivity contribution in [3.05, 3.63) is 36.0 Å². The van der Waals surface area contributed by atoms with Crippen LogP contribution >= 0.6 is 0 Å². The van der Waals surface area contributed by atoms with Gasteiger partial charge in [0, 0.05) is 24.5 Å². The van der Waals surface area contributed by atoms with Crippen molar-refractivity contribution < 1.29 is 33.9 Å². The maximum absolute atomic E-state index is 14.0. The van der Waals surface area contributed by atoms with Gasteiger partial charge in [-0.05, 0) is 56.2 Å². The lowest BCUT2D eigenvalue weighted by atomic mass is 9.93. The molecule has 3 heterocycles. The zero-order valence-electron chi connectivity index (χ0n) is 27.0. The maximum Gasteiger partial charge on any atom is 0.317 e. The third-order valence-corrected chi connectivity index (χ3v) is 9.14. The van der Waals surface area contributed by atoms with Gasteiger partial charge in [0.05, 0.1) is 12.1 Å². The smallest absolute Gasteiger partial charge is 0.317 e. The number of carboxylic acid groups (broad SMARTS) is 1. The lowest BCUT2D eigenvalue weighted by Crippen LogP contribution is -2.64. The molecule has 2 aromatic rings. The minimum atomic E-state index is -1.03. The predicted octanol–water partition coefficient (Wildman–Crippen LogP) is 1.37. The Labute approximate surface area is 269 Å². The Balaban J connectivity index is 1.63. The Bertz CT molecular complexity index is 1390. The summed E-state index contributed by atoms with van der Waals surface area (Å²) < 4.78 is 1.61. The summed E-state index contributed by atoms with van der Waals surface area (Å²) in [6.07, 6.45) is 6.89. The normalized spacial score (nSPS) is 23.4. The highest BCUT2D eigenvalue weighted by Crippen LogP contribution is 2.24. The van der Waals surface area contributed by atoms with Crippen LogP contribution in [-0.4, -0.2) is 95.2 Å². The molecule has 5 N–H and O–H groups in total. The Kier molecular flexibility index (Phi) is 12.4. The molecule has 46 heavy (non-hydrogen) atoms. The Morgan fingerprint density at radius 1 is 1.02 bits per heavy atom. The van der Waals surface area contributed by atoms with E-state index in [1.54, 1.807) is 22.9 Å². The van der Waals surface area contributed by atoms with Crippen molar-refractivity contribution in [2.24, 2.45) is 5.92 Å². The Morgan fingerprint density at radius 2 is 1.76 bits per heavy atom. The number of aromatic nitrogens is 1. The van der Waals surface area contributed by atoms with Crippen molar-refractivity contribution in [3.63, 3.8) is 0 Å². The number of hydrogen-bond donors (Lipinski definition) is 5. The summed E-state index contributed by atoms with van der Waals surface area (Å²) in [7, 11) is 1.55. The number of benzene rings is 1. The molecule has 0 spiro atoms. The largest absolute Gasteiger partial charge is 0.480 e. The summed E-state index contributed by atoms with van der Waals surface area (Å²) in [4.78, 5) is 73.5. The second kappa shape index (κ2) is 16.4. The van der Waals surface area contributed by atoms with Gasteiger partial charge in [-0.1, -0.05) is 51.3 Å². The molecular weight excluding hydrogens is 592 g/mol. The molecule has 0 bridgehead atoms. The number of rotatable bonds is 13. The number of carbonyl (C=O) groups is 5. The van der Waals surface area contributed by atoms with Crippen LogP contribution in [0, 0.1) is 5.92 Å². The summed E-state index contributed by atoms with van der Waals surface area (Å²) in [6, 6.07) is 4.07. The van der Waals surface area contributed by atoms with Gasteiger partial charge in [0.25, 0.3) is 0 Å². The van der Waals surface area contributed by atoms with E-state index in [1.165, 1.54) is 0 Å². The molecular formula is C33H48N6O7. The van der Waals surface area contributed by atoms with Gasteiger partial charge >= 0.3 is 5.97 Å². The van der Waals surface area contributed by atoms with Gasteiger partial charge in [-0.3, -0.25) is 24.0 Å². The van der Waals surface area contributed by atoms with E-state index in [1.807, 2.05) is 38.1 Å². The van der Waals surface area contributed by atoms with Crippen LogP contribution in [0.1, 0.15) is 70.8 Å². The van der Waals surface area contributed by atoms with Crippen LogP contribution in [0.4, 0.5) is 0 Å². The second-order valence-electron chi connectivity index (χ2n) is 12.3. The first-order valence-corrected chi connectivity index (χ1v) is 16.4. The van der Waals surface area contributed by atoms with E-state index in [9.17, 15) is 24.0 Å². The summed E-state index contributed by atoms with van der Waals surface area (Å²) in [5.41, 5.74) is 1.59. The average Bonchev–Trinajstić information content (AvgIpc) is 3.41. The number of nitrogens with one attached hydrogen (secondary N) is 4. The minimum Gasteiger partial charge on any atom is -0.480 e. The first-order valence-electron chi connectivity index (χ1n) is 16.4. The Hall–Kier alpha value is -4.13. The van der Waals surface area contributed by atoms with Crippen molar-refractivity contribution in [1.29, 1.82) is 0 Å². The molecule has 252 valence electrons. The van der Waals surface area contributed by atoms with Crippen LogP contribution in [0.2, 0.25) is 0 Å². The molecule has 4 amide bonds.